The number of aromatic nitrogens is 2. The SMILES string of the molecule is COc1nc(N2CC3(CCC3O)C2)ccc1-c1cc2c(C(=O)O)c[nH]c2cc1Cl. The van der Waals surface area contributed by atoms with Gasteiger partial charge in [-0.2, -0.15) is 4.98 Å². The summed E-state index contributed by atoms with van der Waals surface area (Å²) in [6, 6.07) is 7.26. The number of nitrogens with one attached hydrogen (secondary N) is 1. The molecule has 8 heteroatoms. The zero-order chi connectivity index (χ0) is 20.3. The fraction of sp³-hybridized carbons (Fsp3) is 0.333. The number of nitrogens with zero attached hydrogens (tertiary/aromatic N) is 2. The van der Waals surface area contributed by atoms with Crippen LogP contribution in [0.25, 0.3) is 22.0 Å². The normalized spacial score (nSPS) is 19.8. The van der Waals surface area contributed by atoms with Gasteiger partial charge in [-0.1, -0.05) is 11.6 Å². The minimum Gasteiger partial charge on any atom is -0.480 e. The van der Waals surface area contributed by atoms with Crippen LogP contribution in [0.15, 0.2) is 30.5 Å². The number of carboxylic acid groups (broad SMARTS) is 1. The van der Waals surface area contributed by atoms with Crippen molar-refractivity contribution in [1.29, 1.82) is 0 Å². The number of benzene rings is 1. The first-order valence-electron chi connectivity index (χ1n) is 9.44. The predicted octanol–water partition coefficient (Wildman–Crippen LogP) is 3.55. The van der Waals surface area contributed by atoms with E-state index < -0.39 is 5.97 Å². The molecule has 0 amide bonds. The number of aliphatic hydroxyl groups excluding tert-OH is 1. The largest absolute Gasteiger partial charge is 0.480 e. The van der Waals surface area contributed by atoms with Gasteiger partial charge in [0.25, 0.3) is 0 Å². The maximum absolute atomic E-state index is 11.5. The third-order valence-electron chi connectivity index (χ3n) is 6.29. The zero-order valence-electron chi connectivity index (χ0n) is 15.8. The maximum Gasteiger partial charge on any atom is 0.337 e. The smallest absolute Gasteiger partial charge is 0.337 e. The zero-order valence-corrected chi connectivity index (χ0v) is 16.5. The highest BCUT2D eigenvalue weighted by Gasteiger charge is 2.54. The van der Waals surface area contributed by atoms with Crippen molar-refractivity contribution in [1.82, 2.24) is 9.97 Å². The molecule has 0 bridgehead atoms. The molecule has 1 aliphatic heterocycles. The van der Waals surface area contributed by atoms with Crippen molar-refractivity contribution in [3.05, 3.63) is 41.0 Å². The van der Waals surface area contributed by atoms with Gasteiger partial charge < -0.3 is 24.8 Å². The molecule has 1 unspecified atom stereocenters. The third kappa shape index (κ3) is 2.68. The van der Waals surface area contributed by atoms with Crippen molar-refractivity contribution in [2.75, 3.05) is 25.1 Å². The Bertz CT molecular complexity index is 1140. The van der Waals surface area contributed by atoms with E-state index in [0.29, 0.717) is 32.9 Å². The molecule has 1 aliphatic carbocycles. The van der Waals surface area contributed by atoms with Crippen LogP contribution in [0.3, 0.4) is 0 Å². The third-order valence-corrected chi connectivity index (χ3v) is 6.60. The van der Waals surface area contributed by atoms with Crippen LogP contribution in [-0.4, -0.2) is 52.5 Å². The van der Waals surface area contributed by atoms with Gasteiger partial charge in [-0.3, -0.25) is 0 Å². The Morgan fingerprint density at radius 2 is 2.14 bits per heavy atom. The number of ether oxygens (including phenoxy) is 1. The molecular weight excluding hydrogens is 394 g/mol. The van der Waals surface area contributed by atoms with Crippen molar-refractivity contribution in [3.8, 4) is 17.0 Å². The monoisotopic (exact) mass is 413 g/mol. The molecule has 3 heterocycles. The molecule has 1 spiro atoms. The van der Waals surface area contributed by atoms with E-state index >= 15 is 0 Å². The van der Waals surface area contributed by atoms with E-state index in [-0.39, 0.29) is 17.1 Å². The molecular formula is C21H20ClN3O4. The number of halogens is 1. The van der Waals surface area contributed by atoms with Crippen LogP contribution in [0.4, 0.5) is 5.82 Å². The molecule has 0 radical (unpaired) electrons. The highest BCUT2D eigenvalue weighted by Crippen LogP contribution is 2.50. The van der Waals surface area contributed by atoms with E-state index in [0.717, 1.165) is 31.7 Å². The summed E-state index contributed by atoms with van der Waals surface area (Å²) in [7, 11) is 1.55. The molecule has 1 atom stereocenters. The first-order chi connectivity index (χ1) is 13.9. The number of anilines is 1. The van der Waals surface area contributed by atoms with E-state index in [9.17, 15) is 15.0 Å². The topological polar surface area (TPSA) is 98.7 Å². The predicted molar refractivity (Wildman–Crippen MR) is 110 cm³/mol. The van der Waals surface area contributed by atoms with Crippen LogP contribution < -0.4 is 9.64 Å². The Kier molecular flexibility index (Phi) is 4.01. The molecule has 1 saturated carbocycles. The quantitative estimate of drug-likeness (QED) is 0.605. The number of hydrogen-bond donors (Lipinski definition) is 3. The number of H-pyrrole nitrogens is 1. The van der Waals surface area contributed by atoms with Gasteiger partial charge in [0.1, 0.15) is 5.82 Å². The highest BCUT2D eigenvalue weighted by atomic mass is 35.5. The van der Waals surface area contributed by atoms with E-state index in [4.69, 9.17) is 16.3 Å². The summed E-state index contributed by atoms with van der Waals surface area (Å²) >= 11 is 6.49. The first-order valence-corrected chi connectivity index (χ1v) is 9.82. The molecule has 2 aromatic heterocycles. The summed E-state index contributed by atoms with van der Waals surface area (Å²) in [4.78, 5) is 21.2. The van der Waals surface area contributed by atoms with Gasteiger partial charge >= 0.3 is 5.97 Å². The summed E-state index contributed by atoms with van der Waals surface area (Å²) < 4.78 is 5.53. The van der Waals surface area contributed by atoms with Gasteiger partial charge in [0.15, 0.2) is 0 Å². The number of hydrogen-bond acceptors (Lipinski definition) is 5. The second-order valence-corrected chi connectivity index (χ2v) is 8.29. The summed E-state index contributed by atoms with van der Waals surface area (Å²) in [6.45, 7) is 1.59. The number of aliphatic hydroxyl groups is 1. The molecule has 2 fully saturated rings. The van der Waals surface area contributed by atoms with Crippen LogP contribution >= 0.6 is 11.6 Å². The molecule has 3 N–H and O–H groups in total. The summed E-state index contributed by atoms with van der Waals surface area (Å²) in [5.41, 5.74) is 2.23. The van der Waals surface area contributed by atoms with E-state index in [1.165, 1.54) is 6.20 Å². The molecule has 1 aromatic carbocycles. The van der Waals surface area contributed by atoms with Crippen LogP contribution in [-0.2, 0) is 0 Å². The van der Waals surface area contributed by atoms with Crippen molar-refractivity contribution < 1.29 is 19.7 Å². The number of carboxylic acids is 1. The second-order valence-electron chi connectivity index (χ2n) is 7.88. The first kappa shape index (κ1) is 18.3. The number of carbonyl (C=O) groups is 1. The Morgan fingerprint density at radius 3 is 2.76 bits per heavy atom. The molecule has 1 saturated heterocycles. The number of aromatic amines is 1. The van der Waals surface area contributed by atoms with Crippen molar-refractivity contribution in [2.45, 2.75) is 18.9 Å². The average molecular weight is 414 g/mol. The minimum atomic E-state index is -1.00. The fourth-order valence-corrected chi connectivity index (χ4v) is 4.69. The second kappa shape index (κ2) is 6.37. The number of fused-ring (bicyclic) bond motifs is 1. The number of rotatable bonds is 4. The van der Waals surface area contributed by atoms with Gasteiger partial charge in [-0.25, -0.2) is 4.79 Å². The van der Waals surface area contributed by atoms with Crippen LogP contribution in [0.5, 0.6) is 5.88 Å². The summed E-state index contributed by atoms with van der Waals surface area (Å²) in [6.07, 6.45) is 3.18. The van der Waals surface area contributed by atoms with Crippen molar-refractivity contribution >= 4 is 34.3 Å². The summed E-state index contributed by atoms with van der Waals surface area (Å²) in [5.74, 6) is 0.210. The molecule has 7 nitrogen and oxygen atoms in total. The van der Waals surface area contributed by atoms with Gasteiger partial charge in [0.2, 0.25) is 5.88 Å². The van der Waals surface area contributed by atoms with Crippen molar-refractivity contribution in [3.63, 3.8) is 0 Å². The fourth-order valence-electron chi connectivity index (χ4n) is 4.42. The lowest BCUT2D eigenvalue weighted by molar-refractivity contribution is -0.0825. The lowest BCUT2D eigenvalue weighted by atomic mass is 9.61. The van der Waals surface area contributed by atoms with Crippen LogP contribution in [0, 0.1) is 5.41 Å². The van der Waals surface area contributed by atoms with Gasteiger partial charge in [-0.15, -0.1) is 0 Å². The lowest BCUT2D eigenvalue weighted by Crippen LogP contribution is -2.67. The van der Waals surface area contributed by atoms with E-state index in [1.807, 2.05) is 12.1 Å². The van der Waals surface area contributed by atoms with Crippen molar-refractivity contribution in [2.24, 2.45) is 5.41 Å². The molecule has 3 aromatic rings. The molecule has 150 valence electrons. The number of aromatic carboxylic acids is 1. The van der Waals surface area contributed by atoms with Crippen LogP contribution in [0.2, 0.25) is 5.02 Å². The minimum absolute atomic E-state index is 0.0312. The van der Waals surface area contributed by atoms with Crippen LogP contribution in [0.1, 0.15) is 23.2 Å². The van der Waals surface area contributed by atoms with Gasteiger partial charge in [-0.05, 0) is 37.1 Å². The standard InChI is InChI=1S/C21H20ClN3O4/c1-29-19-11(2-3-18(24-19)25-9-21(10-25)5-4-17(21)26)12-6-13-14(20(27)28)8-23-16(13)7-15(12)22/h2-3,6-8,17,23,26H,4-5,9-10H2,1H3,(H,27,28). The summed E-state index contributed by atoms with van der Waals surface area (Å²) in [5, 5.41) is 20.5. The average Bonchev–Trinajstić information content (AvgIpc) is 3.08. The maximum atomic E-state index is 11.5. The number of methoxy groups -OCH3 is 1. The Balaban J connectivity index is 1.52. The number of pyridine rings is 1. The lowest BCUT2D eigenvalue weighted by Gasteiger charge is -2.59. The Labute approximate surface area is 171 Å². The van der Waals surface area contributed by atoms with Gasteiger partial charge in [0, 0.05) is 46.7 Å². The highest BCUT2D eigenvalue weighted by molar-refractivity contribution is 6.34. The molecule has 2 aliphatic rings. The van der Waals surface area contributed by atoms with E-state index in [1.54, 1.807) is 19.2 Å². The van der Waals surface area contributed by atoms with Gasteiger partial charge in [0.05, 0.1) is 23.8 Å². The van der Waals surface area contributed by atoms with E-state index in [2.05, 4.69) is 14.9 Å². The Hall–Kier alpha value is -2.77. The molecule has 5 rings (SSSR count). The molecule has 29 heavy (non-hydrogen) atoms. The Morgan fingerprint density at radius 1 is 1.34 bits per heavy atom.